The molecule has 0 N–H and O–H groups in total. The molecule has 0 fully saturated rings. The van der Waals surface area contributed by atoms with Crippen LogP contribution in [0, 0.1) is 0 Å². The van der Waals surface area contributed by atoms with Crippen molar-refractivity contribution in [2.75, 3.05) is 6.16 Å². The van der Waals surface area contributed by atoms with Gasteiger partial charge in [-0.15, -0.1) is 21.6 Å². The predicted molar refractivity (Wildman–Crippen MR) is 112 cm³/mol. The van der Waals surface area contributed by atoms with Crippen molar-refractivity contribution in [1.29, 1.82) is 0 Å². The number of esters is 1. The second-order valence-corrected chi connectivity index (χ2v) is 6.31. The van der Waals surface area contributed by atoms with Gasteiger partial charge in [0.1, 0.15) is 0 Å². The van der Waals surface area contributed by atoms with Crippen molar-refractivity contribution in [3.8, 4) is 0 Å². The van der Waals surface area contributed by atoms with Crippen molar-refractivity contribution in [2.45, 2.75) is 12.0 Å². The van der Waals surface area contributed by atoms with Crippen LogP contribution in [0.3, 0.4) is 0 Å². The van der Waals surface area contributed by atoms with E-state index in [9.17, 15) is 4.79 Å². The number of carbonyl (C=O) groups excluding carboxylic acids is 1. The van der Waals surface area contributed by atoms with Crippen LogP contribution in [-0.2, 0) is 21.6 Å². The lowest BCUT2D eigenvalue weighted by atomic mass is 9.81. The number of benzene rings is 3. The quantitative estimate of drug-likeness (QED) is 0.441. The Morgan fingerprint density at radius 3 is 1.62 bits per heavy atom. The van der Waals surface area contributed by atoms with Gasteiger partial charge in [0.25, 0.3) is 0 Å². The Kier molecular flexibility index (Phi) is 7.38. The second-order valence-electron chi connectivity index (χ2n) is 5.90. The Balaban J connectivity index is 0.00000243. The van der Waals surface area contributed by atoms with E-state index in [1.165, 1.54) is 0 Å². The Bertz CT molecular complexity index is 768. The molecule has 134 valence electrons. The first-order valence-electron chi connectivity index (χ1n) is 8.31. The standard InChI is InChI=1S/C22H21O2P.ClH/c23-21(17-25)24-22(19-12-6-2-7-13-19,20-14-8-3-9-15-20)16-18-10-4-1-5-11-18;/h1-15H,16-17,25H2;1H. The maximum absolute atomic E-state index is 12.3. The molecular weight excluding hydrogens is 363 g/mol. The topological polar surface area (TPSA) is 26.3 Å². The molecule has 0 aliphatic heterocycles. The van der Waals surface area contributed by atoms with Gasteiger partial charge in [0.05, 0.1) is 6.16 Å². The molecule has 0 saturated carbocycles. The summed E-state index contributed by atoms with van der Waals surface area (Å²) >= 11 is 0. The van der Waals surface area contributed by atoms with Gasteiger partial charge in [0.2, 0.25) is 0 Å². The van der Waals surface area contributed by atoms with Gasteiger partial charge >= 0.3 is 5.97 Å². The number of hydrogen-bond donors (Lipinski definition) is 0. The summed E-state index contributed by atoms with van der Waals surface area (Å²) in [5, 5.41) is 0. The normalized spacial score (nSPS) is 10.7. The predicted octanol–water partition coefficient (Wildman–Crippen LogP) is 5.01. The molecule has 4 heteroatoms. The fraction of sp³-hybridized carbons (Fsp3) is 0.136. The Hall–Kier alpha value is -2.15. The van der Waals surface area contributed by atoms with Gasteiger partial charge in [0, 0.05) is 17.5 Å². The fourth-order valence-corrected chi connectivity index (χ4v) is 3.14. The third kappa shape index (κ3) is 4.52. The minimum Gasteiger partial charge on any atom is -0.449 e. The van der Waals surface area contributed by atoms with Crippen LogP contribution in [0.5, 0.6) is 0 Å². The number of halogens is 1. The van der Waals surface area contributed by atoms with E-state index >= 15 is 0 Å². The van der Waals surface area contributed by atoms with Crippen molar-refractivity contribution in [3.63, 3.8) is 0 Å². The van der Waals surface area contributed by atoms with E-state index in [1.807, 2.05) is 78.9 Å². The summed E-state index contributed by atoms with van der Waals surface area (Å²) in [6.45, 7) is 0. The molecular formula is C22H22ClO2P. The highest BCUT2D eigenvalue weighted by molar-refractivity contribution is 7.18. The molecule has 0 amide bonds. The number of carbonyl (C=O) groups is 1. The lowest BCUT2D eigenvalue weighted by Gasteiger charge is -2.35. The van der Waals surface area contributed by atoms with Gasteiger partial charge in [-0.1, -0.05) is 91.0 Å². The fourth-order valence-electron chi connectivity index (χ4n) is 3.06. The summed E-state index contributed by atoms with van der Waals surface area (Å²) < 4.78 is 6.10. The van der Waals surface area contributed by atoms with E-state index in [4.69, 9.17) is 4.74 Å². The second kappa shape index (κ2) is 9.52. The number of rotatable bonds is 6. The summed E-state index contributed by atoms with van der Waals surface area (Å²) in [6.07, 6.45) is 0.842. The zero-order valence-corrected chi connectivity index (χ0v) is 16.3. The van der Waals surface area contributed by atoms with Gasteiger partial charge in [0.15, 0.2) is 5.60 Å². The van der Waals surface area contributed by atoms with Crippen LogP contribution in [0.4, 0.5) is 0 Å². The third-order valence-electron chi connectivity index (χ3n) is 4.23. The van der Waals surface area contributed by atoms with Crippen LogP contribution in [0.25, 0.3) is 0 Å². The molecule has 26 heavy (non-hydrogen) atoms. The molecule has 3 rings (SSSR count). The molecule has 0 bridgehead atoms. The van der Waals surface area contributed by atoms with Crippen molar-refractivity contribution >= 4 is 27.6 Å². The lowest BCUT2D eigenvalue weighted by molar-refractivity contribution is -0.153. The molecule has 0 saturated heterocycles. The minimum absolute atomic E-state index is 0. The zero-order chi connectivity index (χ0) is 17.5. The molecule has 1 unspecified atom stereocenters. The van der Waals surface area contributed by atoms with Crippen LogP contribution in [0.15, 0.2) is 91.0 Å². The zero-order valence-electron chi connectivity index (χ0n) is 14.4. The first-order chi connectivity index (χ1) is 12.2. The molecule has 1 atom stereocenters. The van der Waals surface area contributed by atoms with Crippen LogP contribution in [0.1, 0.15) is 16.7 Å². The number of hydrogen-bond acceptors (Lipinski definition) is 2. The molecule has 0 radical (unpaired) electrons. The van der Waals surface area contributed by atoms with Crippen molar-refractivity contribution in [3.05, 3.63) is 108 Å². The molecule has 0 aromatic heterocycles. The van der Waals surface area contributed by atoms with Crippen LogP contribution in [-0.4, -0.2) is 12.1 Å². The van der Waals surface area contributed by atoms with Crippen molar-refractivity contribution < 1.29 is 9.53 Å². The maximum atomic E-state index is 12.3. The van der Waals surface area contributed by atoms with E-state index in [0.717, 1.165) is 16.7 Å². The largest absolute Gasteiger partial charge is 0.449 e. The lowest BCUT2D eigenvalue weighted by Crippen LogP contribution is -2.36. The highest BCUT2D eigenvalue weighted by Gasteiger charge is 2.38. The molecule has 0 aliphatic carbocycles. The van der Waals surface area contributed by atoms with E-state index in [1.54, 1.807) is 0 Å². The first-order valence-corrected chi connectivity index (χ1v) is 9.13. The Labute approximate surface area is 163 Å². The third-order valence-corrected chi connectivity index (χ3v) is 4.56. The van der Waals surface area contributed by atoms with E-state index in [2.05, 4.69) is 21.4 Å². The van der Waals surface area contributed by atoms with Gasteiger partial charge in [-0.3, -0.25) is 4.79 Å². The van der Waals surface area contributed by atoms with E-state index in [0.29, 0.717) is 6.42 Å². The molecule has 0 spiro atoms. The van der Waals surface area contributed by atoms with Gasteiger partial charge in [-0.05, 0) is 5.56 Å². The van der Waals surface area contributed by atoms with Gasteiger partial charge in [-0.2, -0.15) is 0 Å². The molecule has 3 aromatic rings. The summed E-state index contributed by atoms with van der Waals surface area (Å²) in [4.78, 5) is 12.3. The van der Waals surface area contributed by atoms with Crippen LogP contribution in [0.2, 0.25) is 0 Å². The van der Waals surface area contributed by atoms with Crippen molar-refractivity contribution in [1.82, 2.24) is 0 Å². The van der Waals surface area contributed by atoms with Gasteiger partial charge < -0.3 is 4.74 Å². The molecule has 0 aliphatic rings. The minimum atomic E-state index is -0.850. The summed E-state index contributed by atoms with van der Waals surface area (Å²) in [5.41, 5.74) is 2.21. The van der Waals surface area contributed by atoms with Gasteiger partial charge in [-0.25, -0.2) is 0 Å². The Morgan fingerprint density at radius 1 is 0.769 bits per heavy atom. The van der Waals surface area contributed by atoms with Crippen molar-refractivity contribution in [2.24, 2.45) is 0 Å². The summed E-state index contributed by atoms with van der Waals surface area (Å²) in [5.74, 6) is -0.242. The average molecular weight is 385 g/mol. The smallest absolute Gasteiger partial charge is 0.310 e. The summed E-state index contributed by atoms with van der Waals surface area (Å²) in [6, 6.07) is 30.1. The SMILES string of the molecule is Cl.O=C(CP)OC(Cc1ccccc1)(c1ccccc1)c1ccccc1. The van der Waals surface area contributed by atoms with E-state index < -0.39 is 5.60 Å². The van der Waals surface area contributed by atoms with E-state index in [-0.39, 0.29) is 24.5 Å². The summed E-state index contributed by atoms with van der Waals surface area (Å²) in [7, 11) is 2.45. The number of ether oxygens (including phenoxy) is 1. The monoisotopic (exact) mass is 384 g/mol. The maximum Gasteiger partial charge on any atom is 0.310 e. The molecule has 0 heterocycles. The first kappa shape index (κ1) is 20.2. The Morgan fingerprint density at radius 2 is 1.19 bits per heavy atom. The highest BCUT2D eigenvalue weighted by Crippen LogP contribution is 2.37. The molecule has 2 nitrogen and oxygen atoms in total. The average Bonchev–Trinajstić information content (AvgIpc) is 2.69. The van der Waals surface area contributed by atoms with Crippen LogP contribution < -0.4 is 0 Å². The van der Waals surface area contributed by atoms with Crippen LogP contribution >= 0.6 is 21.6 Å². The highest BCUT2D eigenvalue weighted by atomic mass is 35.5. The molecule has 3 aromatic carbocycles.